The highest BCUT2D eigenvalue weighted by Crippen LogP contribution is 2.22. The van der Waals surface area contributed by atoms with E-state index in [4.69, 9.17) is 4.74 Å². The molecule has 2 aromatic carbocycles. The van der Waals surface area contributed by atoms with Crippen molar-refractivity contribution in [3.8, 4) is 5.75 Å². The molecule has 32 heavy (non-hydrogen) atoms. The van der Waals surface area contributed by atoms with Crippen LogP contribution in [0.15, 0.2) is 54.6 Å². The molecule has 2 amide bonds. The first-order valence-electron chi connectivity index (χ1n) is 10.3. The van der Waals surface area contributed by atoms with Gasteiger partial charge in [0.2, 0.25) is 0 Å². The van der Waals surface area contributed by atoms with E-state index in [0.29, 0.717) is 25.1 Å². The van der Waals surface area contributed by atoms with E-state index in [1.165, 1.54) is 12.1 Å². The van der Waals surface area contributed by atoms with Gasteiger partial charge in [0.15, 0.2) is 0 Å². The SMILES string of the molecule is COC(CCCNC(=O)c1ccccc1)CCCNC(=O)c1ccc(OC(F)(F)F)cc1. The highest BCUT2D eigenvalue weighted by atomic mass is 19.4. The van der Waals surface area contributed by atoms with Crippen LogP contribution in [-0.2, 0) is 4.74 Å². The first-order chi connectivity index (χ1) is 15.3. The van der Waals surface area contributed by atoms with E-state index in [1.807, 2.05) is 18.2 Å². The van der Waals surface area contributed by atoms with Gasteiger partial charge in [-0.15, -0.1) is 13.2 Å². The van der Waals surface area contributed by atoms with Gasteiger partial charge in [0.25, 0.3) is 11.8 Å². The Kier molecular flexibility index (Phi) is 10.0. The normalized spacial score (nSPS) is 12.1. The van der Waals surface area contributed by atoms with Crippen LogP contribution in [0.2, 0.25) is 0 Å². The summed E-state index contributed by atoms with van der Waals surface area (Å²) in [7, 11) is 1.62. The predicted molar refractivity (Wildman–Crippen MR) is 113 cm³/mol. The largest absolute Gasteiger partial charge is 0.573 e. The molecule has 0 heterocycles. The maximum Gasteiger partial charge on any atom is 0.573 e. The van der Waals surface area contributed by atoms with Crippen molar-refractivity contribution >= 4 is 11.8 Å². The van der Waals surface area contributed by atoms with Gasteiger partial charge < -0.3 is 20.1 Å². The van der Waals surface area contributed by atoms with Crippen LogP contribution in [0.3, 0.4) is 0 Å². The number of halogens is 3. The molecular formula is C23H27F3N2O4. The van der Waals surface area contributed by atoms with E-state index >= 15 is 0 Å². The minimum absolute atomic E-state index is 0.000620. The first-order valence-corrected chi connectivity index (χ1v) is 10.3. The fourth-order valence-corrected chi connectivity index (χ4v) is 3.04. The van der Waals surface area contributed by atoms with E-state index < -0.39 is 6.36 Å². The third-order valence-corrected chi connectivity index (χ3v) is 4.70. The van der Waals surface area contributed by atoms with Crippen molar-refractivity contribution in [3.05, 3.63) is 65.7 Å². The van der Waals surface area contributed by atoms with E-state index in [0.717, 1.165) is 31.4 Å². The van der Waals surface area contributed by atoms with Gasteiger partial charge in [-0.3, -0.25) is 9.59 Å². The van der Waals surface area contributed by atoms with Crippen LogP contribution in [-0.4, -0.2) is 44.5 Å². The van der Waals surface area contributed by atoms with Gasteiger partial charge in [-0.25, -0.2) is 0 Å². The zero-order chi connectivity index (χ0) is 23.4. The molecule has 0 aliphatic rings. The van der Waals surface area contributed by atoms with E-state index in [9.17, 15) is 22.8 Å². The Hall–Kier alpha value is -3.07. The Morgan fingerprint density at radius 3 is 1.81 bits per heavy atom. The van der Waals surface area contributed by atoms with Crippen LogP contribution >= 0.6 is 0 Å². The fraction of sp³-hybridized carbons (Fsp3) is 0.391. The van der Waals surface area contributed by atoms with Crippen molar-refractivity contribution in [2.75, 3.05) is 20.2 Å². The number of amides is 2. The number of carbonyl (C=O) groups excluding carboxylic acids is 2. The lowest BCUT2D eigenvalue weighted by Crippen LogP contribution is -2.26. The first kappa shape index (κ1) is 25.2. The summed E-state index contributed by atoms with van der Waals surface area (Å²) in [6.07, 6.45) is -1.85. The summed E-state index contributed by atoms with van der Waals surface area (Å²) in [4.78, 5) is 24.1. The van der Waals surface area contributed by atoms with Gasteiger partial charge in [-0.05, 0) is 62.1 Å². The van der Waals surface area contributed by atoms with Crippen LogP contribution in [0, 0.1) is 0 Å². The molecule has 6 nitrogen and oxygen atoms in total. The van der Waals surface area contributed by atoms with Gasteiger partial charge in [-0.2, -0.15) is 0 Å². The lowest BCUT2D eigenvalue weighted by Gasteiger charge is -2.15. The summed E-state index contributed by atoms with van der Waals surface area (Å²) >= 11 is 0. The number of ether oxygens (including phenoxy) is 2. The monoisotopic (exact) mass is 452 g/mol. The zero-order valence-electron chi connectivity index (χ0n) is 17.8. The molecule has 2 rings (SSSR count). The number of carbonyl (C=O) groups is 2. The Balaban J connectivity index is 1.62. The summed E-state index contributed by atoms with van der Waals surface area (Å²) < 4.78 is 45.8. The molecule has 0 fully saturated rings. The molecule has 0 radical (unpaired) electrons. The summed E-state index contributed by atoms with van der Waals surface area (Å²) in [6.45, 7) is 0.947. The molecule has 9 heteroatoms. The molecule has 0 aliphatic carbocycles. The van der Waals surface area contributed by atoms with Crippen molar-refractivity contribution < 1.29 is 32.2 Å². The van der Waals surface area contributed by atoms with Crippen molar-refractivity contribution in [2.24, 2.45) is 0 Å². The zero-order valence-corrected chi connectivity index (χ0v) is 17.8. The van der Waals surface area contributed by atoms with Gasteiger partial charge in [0.05, 0.1) is 6.10 Å². The van der Waals surface area contributed by atoms with Crippen LogP contribution in [0.1, 0.15) is 46.4 Å². The molecule has 2 N–H and O–H groups in total. The molecule has 0 spiro atoms. The minimum Gasteiger partial charge on any atom is -0.406 e. The number of hydrogen-bond donors (Lipinski definition) is 2. The quantitative estimate of drug-likeness (QED) is 0.471. The second-order valence-corrected chi connectivity index (χ2v) is 7.09. The lowest BCUT2D eigenvalue weighted by atomic mass is 10.1. The highest BCUT2D eigenvalue weighted by Gasteiger charge is 2.31. The topological polar surface area (TPSA) is 76.7 Å². The van der Waals surface area contributed by atoms with E-state index in [1.54, 1.807) is 19.2 Å². The third kappa shape index (κ3) is 9.38. The van der Waals surface area contributed by atoms with E-state index in [2.05, 4.69) is 15.4 Å². The molecule has 174 valence electrons. The van der Waals surface area contributed by atoms with Crippen LogP contribution < -0.4 is 15.4 Å². The third-order valence-electron chi connectivity index (χ3n) is 4.70. The van der Waals surface area contributed by atoms with Crippen molar-refractivity contribution in [1.82, 2.24) is 10.6 Å². The minimum atomic E-state index is -4.77. The van der Waals surface area contributed by atoms with Crippen molar-refractivity contribution in [2.45, 2.75) is 38.1 Å². The van der Waals surface area contributed by atoms with Gasteiger partial charge in [0.1, 0.15) is 5.75 Å². The number of alkyl halides is 3. The number of rotatable bonds is 12. The predicted octanol–water partition coefficient (Wildman–Crippen LogP) is 4.32. The number of methoxy groups -OCH3 is 1. The lowest BCUT2D eigenvalue weighted by molar-refractivity contribution is -0.274. The average molecular weight is 452 g/mol. The van der Waals surface area contributed by atoms with Crippen LogP contribution in [0.4, 0.5) is 13.2 Å². The molecule has 0 bridgehead atoms. The van der Waals surface area contributed by atoms with E-state index in [-0.39, 0.29) is 29.2 Å². The van der Waals surface area contributed by atoms with Crippen LogP contribution in [0.5, 0.6) is 5.75 Å². The van der Waals surface area contributed by atoms with Gasteiger partial charge in [-0.1, -0.05) is 18.2 Å². The van der Waals surface area contributed by atoms with Gasteiger partial charge in [0, 0.05) is 31.3 Å². The number of benzene rings is 2. The molecule has 1 unspecified atom stereocenters. The maximum absolute atomic E-state index is 12.2. The second kappa shape index (κ2) is 12.7. The molecule has 0 saturated carbocycles. The Bertz CT molecular complexity index is 843. The summed E-state index contributed by atoms with van der Waals surface area (Å²) in [5.74, 6) is -0.863. The van der Waals surface area contributed by atoms with Crippen LogP contribution in [0.25, 0.3) is 0 Å². The standard InChI is InChI=1S/C23H27F3N2O4/c1-31-19(9-5-15-27-21(29)17-7-3-2-4-8-17)10-6-16-28-22(30)18-11-13-20(14-12-18)32-23(24,25)26/h2-4,7-8,11-14,19H,5-6,9-10,15-16H2,1H3,(H,27,29)(H,28,30). The molecule has 0 aromatic heterocycles. The summed E-state index contributed by atoms with van der Waals surface area (Å²) in [6, 6.07) is 13.7. The van der Waals surface area contributed by atoms with Crippen molar-refractivity contribution in [3.63, 3.8) is 0 Å². The Morgan fingerprint density at radius 1 is 0.844 bits per heavy atom. The molecule has 0 aliphatic heterocycles. The smallest absolute Gasteiger partial charge is 0.406 e. The molecule has 0 saturated heterocycles. The molecule has 1 atom stereocenters. The molecule has 2 aromatic rings. The number of nitrogens with one attached hydrogen (secondary N) is 2. The Morgan fingerprint density at radius 2 is 1.34 bits per heavy atom. The summed E-state index contributed by atoms with van der Waals surface area (Å²) in [5.41, 5.74) is 0.867. The maximum atomic E-state index is 12.2. The Labute approximate surface area is 185 Å². The summed E-state index contributed by atoms with van der Waals surface area (Å²) in [5, 5.41) is 5.60. The fourth-order valence-electron chi connectivity index (χ4n) is 3.04. The number of hydrogen-bond acceptors (Lipinski definition) is 4. The van der Waals surface area contributed by atoms with Gasteiger partial charge >= 0.3 is 6.36 Å². The molecular weight excluding hydrogens is 425 g/mol. The highest BCUT2D eigenvalue weighted by molar-refractivity contribution is 5.94. The average Bonchev–Trinajstić information content (AvgIpc) is 2.77. The second-order valence-electron chi connectivity index (χ2n) is 7.09. The van der Waals surface area contributed by atoms with Crippen molar-refractivity contribution in [1.29, 1.82) is 0 Å².